The summed E-state index contributed by atoms with van der Waals surface area (Å²) < 4.78 is 10.4. The third kappa shape index (κ3) is 4.86. The zero-order chi connectivity index (χ0) is 16.8. The summed E-state index contributed by atoms with van der Waals surface area (Å²) in [5, 5.41) is 14.3. The van der Waals surface area contributed by atoms with Crippen molar-refractivity contribution >= 4 is 0 Å². The highest BCUT2D eigenvalue weighted by molar-refractivity contribution is 5.23. The van der Waals surface area contributed by atoms with Gasteiger partial charge in [-0.2, -0.15) is 4.98 Å². The largest absolute Gasteiger partial charge is 0.387 e. The molecular formula is C17H25N3O3. The van der Waals surface area contributed by atoms with Crippen LogP contribution in [0.5, 0.6) is 0 Å². The minimum atomic E-state index is -0.546. The molecule has 0 fully saturated rings. The number of aliphatic hydroxyl groups excluding tert-OH is 1. The molecule has 0 amide bonds. The van der Waals surface area contributed by atoms with Crippen molar-refractivity contribution in [1.82, 2.24) is 15.0 Å². The molecular weight excluding hydrogens is 294 g/mol. The molecule has 2 rings (SSSR count). The normalized spacial score (nSPS) is 14.2. The predicted octanol–water partition coefficient (Wildman–Crippen LogP) is 2.64. The second-order valence-corrected chi connectivity index (χ2v) is 5.68. The summed E-state index contributed by atoms with van der Waals surface area (Å²) in [6.07, 6.45) is -0.739. The van der Waals surface area contributed by atoms with E-state index in [1.165, 1.54) is 5.56 Å². The van der Waals surface area contributed by atoms with Crippen LogP contribution in [0.15, 0.2) is 28.8 Å². The molecule has 6 nitrogen and oxygen atoms in total. The predicted molar refractivity (Wildman–Crippen MR) is 86.8 cm³/mol. The Morgan fingerprint density at radius 2 is 2.00 bits per heavy atom. The Hall–Kier alpha value is -1.76. The van der Waals surface area contributed by atoms with Crippen LogP contribution in [0, 0.1) is 6.92 Å². The summed E-state index contributed by atoms with van der Waals surface area (Å²) in [5.41, 5.74) is 2.09. The minimum absolute atomic E-state index is 0.194. The lowest BCUT2D eigenvalue weighted by Crippen LogP contribution is -2.28. The van der Waals surface area contributed by atoms with Crippen LogP contribution in [0.25, 0.3) is 0 Å². The van der Waals surface area contributed by atoms with E-state index in [1.807, 2.05) is 45.0 Å². The van der Waals surface area contributed by atoms with Gasteiger partial charge in [0.15, 0.2) is 5.82 Å². The van der Waals surface area contributed by atoms with Crippen LogP contribution in [-0.4, -0.2) is 40.3 Å². The number of aryl methyl sites for hydroxylation is 1. The molecule has 0 aliphatic heterocycles. The smallest absolute Gasteiger partial charge is 0.240 e. The molecule has 0 spiro atoms. The van der Waals surface area contributed by atoms with Crippen LogP contribution in [0.3, 0.4) is 0 Å². The highest BCUT2D eigenvalue weighted by Crippen LogP contribution is 2.17. The number of hydrogen-bond donors (Lipinski definition) is 1. The van der Waals surface area contributed by atoms with Crippen molar-refractivity contribution in [3.05, 3.63) is 47.1 Å². The Bertz CT molecular complexity index is 597. The molecule has 1 aromatic heterocycles. The molecule has 0 aliphatic carbocycles. The molecule has 1 N–H and O–H groups in total. The van der Waals surface area contributed by atoms with Crippen molar-refractivity contribution < 1.29 is 14.4 Å². The Kier molecular flexibility index (Phi) is 6.27. The van der Waals surface area contributed by atoms with Crippen molar-refractivity contribution in [3.8, 4) is 0 Å². The number of methoxy groups -OCH3 is 1. The van der Waals surface area contributed by atoms with Crippen molar-refractivity contribution in [1.29, 1.82) is 0 Å². The van der Waals surface area contributed by atoms with Crippen LogP contribution >= 0.6 is 0 Å². The average Bonchev–Trinajstić information content (AvgIpc) is 3.02. The lowest BCUT2D eigenvalue weighted by atomic mass is 10.1. The van der Waals surface area contributed by atoms with Crippen molar-refractivity contribution in [3.63, 3.8) is 0 Å². The maximum absolute atomic E-state index is 10.4. The molecule has 6 heteroatoms. The SMILES string of the molecule is CCN(Cc1nc(C(C)OC)no1)CC(O)c1ccc(C)cc1. The van der Waals surface area contributed by atoms with Crippen molar-refractivity contribution in [2.24, 2.45) is 0 Å². The van der Waals surface area contributed by atoms with Crippen molar-refractivity contribution in [2.45, 2.75) is 39.5 Å². The van der Waals surface area contributed by atoms with Gasteiger partial charge in [0.05, 0.1) is 12.6 Å². The zero-order valence-corrected chi connectivity index (χ0v) is 14.2. The molecule has 0 aliphatic rings. The van der Waals surface area contributed by atoms with Gasteiger partial charge in [0.25, 0.3) is 0 Å². The van der Waals surface area contributed by atoms with Crippen LogP contribution in [0.4, 0.5) is 0 Å². The Morgan fingerprint density at radius 3 is 2.61 bits per heavy atom. The van der Waals surface area contributed by atoms with Gasteiger partial charge < -0.3 is 14.4 Å². The lowest BCUT2D eigenvalue weighted by Gasteiger charge is -2.22. The molecule has 0 saturated carbocycles. The van der Waals surface area contributed by atoms with Gasteiger partial charge in [-0.05, 0) is 26.0 Å². The van der Waals surface area contributed by atoms with Gasteiger partial charge in [0, 0.05) is 13.7 Å². The number of aliphatic hydroxyl groups is 1. The summed E-state index contributed by atoms with van der Waals surface area (Å²) in [7, 11) is 1.61. The van der Waals surface area contributed by atoms with Crippen LogP contribution in [0.1, 0.15) is 48.9 Å². The fourth-order valence-electron chi connectivity index (χ4n) is 2.24. The summed E-state index contributed by atoms with van der Waals surface area (Å²) in [4.78, 5) is 6.40. The van der Waals surface area contributed by atoms with E-state index < -0.39 is 6.10 Å². The average molecular weight is 319 g/mol. The van der Waals surface area contributed by atoms with E-state index in [4.69, 9.17) is 9.26 Å². The zero-order valence-electron chi connectivity index (χ0n) is 14.2. The Balaban J connectivity index is 1.97. The van der Waals surface area contributed by atoms with E-state index in [-0.39, 0.29) is 6.10 Å². The lowest BCUT2D eigenvalue weighted by molar-refractivity contribution is 0.105. The highest BCUT2D eigenvalue weighted by atomic mass is 16.5. The highest BCUT2D eigenvalue weighted by Gasteiger charge is 2.17. The number of benzene rings is 1. The van der Waals surface area contributed by atoms with E-state index in [0.29, 0.717) is 24.8 Å². The van der Waals surface area contributed by atoms with Gasteiger partial charge in [-0.3, -0.25) is 4.90 Å². The molecule has 2 unspecified atom stereocenters. The Labute approximate surface area is 137 Å². The number of ether oxygens (including phenoxy) is 1. The number of aromatic nitrogens is 2. The molecule has 2 aromatic rings. The van der Waals surface area contributed by atoms with Crippen LogP contribution in [0.2, 0.25) is 0 Å². The summed E-state index contributed by atoms with van der Waals surface area (Å²) in [6.45, 7) is 7.73. The summed E-state index contributed by atoms with van der Waals surface area (Å²) in [6, 6.07) is 7.92. The topological polar surface area (TPSA) is 71.6 Å². The third-order valence-corrected chi connectivity index (χ3v) is 3.90. The quantitative estimate of drug-likeness (QED) is 0.806. The third-order valence-electron chi connectivity index (χ3n) is 3.90. The summed E-state index contributed by atoms with van der Waals surface area (Å²) >= 11 is 0. The van der Waals surface area contributed by atoms with Crippen LogP contribution in [-0.2, 0) is 11.3 Å². The minimum Gasteiger partial charge on any atom is -0.387 e. The van der Waals surface area contributed by atoms with E-state index in [9.17, 15) is 5.11 Å². The maximum Gasteiger partial charge on any atom is 0.240 e. The molecule has 0 radical (unpaired) electrons. The first kappa shape index (κ1) is 17.6. The number of likely N-dealkylation sites (N-methyl/N-ethyl adjacent to an activating group) is 1. The molecule has 1 aromatic carbocycles. The Morgan fingerprint density at radius 1 is 1.30 bits per heavy atom. The van der Waals surface area contributed by atoms with Gasteiger partial charge in [-0.25, -0.2) is 0 Å². The first-order valence-corrected chi connectivity index (χ1v) is 7.85. The number of hydrogen-bond acceptors (Lipinski definition) is 6. The van der Waals surface area contributed by atoms with E-state index >= 15 is 0 Å². The molecule has 126 valence electrons. The second-order valence-electron chi connectivity index (χ2n) is 5.68. The fraction of sp³-hybridized carbons (Fsp3) is 0.529. The fourth-order valence-corrected chi connectivity index (χ4v) is 2.24. The molecule has 0 bridgehead atoms. The summed E-state index contributed by atoms with van der Waals surface area (Å²) in [5.74, 6) is 1.07. The first-order chi connectivity index (χ1) is 11.0. The van der Waals surface area contributed by atoms with Gasteiger partial charge in [-0.15, -0.1) is 0 Å². The second kappa shape index (κ2) is 8.19. The standard InChI is InChI=1S/C17H25N3O3/c1-5-20(10-15(21)14-8-6-12(2)7-9-14)11-16-18-17(19-23-16)13(3)22-4/h6-9,13,15,21H,5,10-11H2,1-4H3. The molecule has 2 atom stereocenters. The number of nitrogens with zero attached hydrogens (tertiary/aromatic N) is 3. The van der Waals surface area contributed by atoms with Gasteiger partial charge in [0.2, 0.25) is 5.89 Å². The molecule has 23 heavy (non-hydrogen) atoms. The maximum atomic E-state index is 10.4. The first-order valence-electron chi connectivity index (χ1n) is 7.85. The van der Waals surface area contributed by atoms with E-state index in [2.05, 4.69) is 15.0 Å². The monoisotopic (exact) mass is 319 g/mol. The van der Waals surface area contributed by atoms with Crippen molar-refractivity contribution in [2.75, 3.05) is 20.2 Å². The van der Waals surface area contributed by atoms with Gasteiger partial charge >= 0.3 is 0 Å². The molecule has 0 saturated heterocycles. The number of rotatable bonds is 8. The van der Waals surface area contributed by atoms with E-state index in [0.717, 1.165) is 12.1 Å². The van der Waals surface area contributed by atoms with Gasteiger partial charge in [0.1, 0.15) is 6.10 Å². The van der Waals surface area contributed by atoms with E-state index in [1.54, 1.807) is 7.11 Å². The van der Waals surface area contributed by atoms with Gasteiger partial charge in [-0.1, -0.05) is 41.9 Å². The molecule has 1 heterocycles. The van der Waals surface area contributed by atoms with Crippen LogP contribution < -0.4 is 0 Å².